The summed E-state index contributed by atoms with van der Waals surface area (Å²) in [6.07, 6.45) is 0. The Kier molecular flexibility index (Phi) is 4.27. The zero-order valence-corrected chi connectivity index (χ0v) is 12.9. The first-order chi connectivity index (χ1) is 9.31. The van der Waals surface area contributed by atoms with E-state index >= 15 is 0 Å². The molecular weight excluding hydrogens is 297 g/mol. The van der Waals surface area contributed by atoms with Gasteiger partial charge in [0, 0.05) is 16.8 Å². The summed E-state index contributed by atoms with van der Waals surface area (Å²) in [5.41, 5.74) is -0.290. The van der Waals surface area contributed by atoms with Crippen molar-refractivity contribution in [2.45, 2.75) is 24.2 Å². The maximum absolute atomic E-state index is 12.8. The molecule has 0 spiro atoms. The molecule has 0 atom stereocenters. The number of hydrogen-bond acceptors (Lipinski definition) is 3. The number of rotatable bonds is 5. The van der Waals surface area contributed by atoms with Gasteiger partial charge in [-0.2, -0.15) is 0 Å². The molecule has 0 amide bonds. The zero-order chi connectivity index (χ0) is 14.8. The number of nitrogens with one attached hydrogen (secondary N) is 1. The summed E-state index contributed by atoms with van der Waals surface area (Å²) in [7, 11) is -3.61. The molecule has 0 aliphatic carbocycles. The third kappa shape index (κ3) is 3.45. The van der Waals surface area contributed by atoms with Crippen molar-refractivity contribution in [3.63, 3.8) is 0 Å². The van der Waals surface area contributed by atoms with Gasteiger partial charge in [-0.05, 0) is 35.7 Å². The summed E-state index contributed by atoms with van der Waals surface area (Å²) >= 11 is 1.59. The standard InChI is InChI=1S/C14H16FNO2S2/c1-14(2,13-4-3-9-19-13)10-16-20(17,18)12-7-5-11(15)6-8-12/h3-9,16H,10H2,1-2H3. The average Bonchev–Trinajstić information content (AvgIpc) is 2.92. The molecule has 0 saturated heterocycles. The van der Waals surface area contributed by atoms with Crippen LogP contribution in [0.25, 0.3) is 0 Å². The molecule has 20 heavy (non-hydrogen) atoms. The van der Waals surface area contributed by atoms with Gasteiger partial charge in [0.05, 0.1) is 4.90 Å². The van der Waals surface area contributed by atoms with Gasteiger partial charge in [0.15, 0.2) is 0 Å². The molecule has 1 aromatic heterocycles. The first-order valence-corrected chi connectivity index (χ1v) is 8.47. The maximum atomic E-state index is 12.8. The average molecular weight is 313 g/mol. The van der Waals surface area contributed by atoms with Gasteiger partial charge in [0.2, 0.25) is 10.0 Å². The van der Waals surface area contributed by atoms with Gasteiger partial charge >= 0.3 is 0 Å². The summed E-state index contributed by atoms with van der Waals surface area (Å²) in [5.74, 6) is -0.456. The Morgan fingerprint density at radius 1 is 1.20 bits per heavy atom. The highest BCUT2D eigenvalue weighted by Gasteiger charge is 2.25. The normalized spacial score (nSPS) is 12.6. The number of sulfonamides is 1. The van der Waals surface area contributed by atoms with E-state index in [2.05, 4.69) is 4.72 Å². The van der Waals surface area contributed by atoms with E-state index in [1.54, 1.807) is 11.3 Å². The third-order valence-electron chi connectivity index (χ3n) is 3.02. The molecular formula is C14H16FNO2S2. The summed E-state index contributed by atoms with van der Waals surface area (Å²) in [5, 5.41) is 1.96. The largest absolute Gasteiger partial charge is 0.240 e. The second-order valence-corrected chi connectivity index (χ2v) is 7.85. The van der Waals surface area contributed by atoms with Crippen molar-refractivity contribution in [2.75, 3.05) is 6.54 Å². The van der Waals surface area contributed by atoms with Crippen LogP contribution in [0.1, 0.15) is 18.7 Å². The molecule has 0 radical (unpaired) electrons. The molecule has 0 unspecified atom stereocenters. The van der Waals surface area contributed by atoms with Crippen LogP contribution in [0.5, 0.6) is 0 Å². The highest BCUT2D eigenvalue weighted by atomic mass is 32.2. The van der Waals surface area contributed by atoms with Crippen LogP contribution in [0.4, 0.5) is 4.39 Å². The Labute approximate surface area is 122 Å². The molecule has 1 N–H and O–H groups in total. The Hall–Kier alpha value is -1.24. The minimum Gasteiger partial charge on any atom is -0.210 e. The fraction of sp³-hybridized carbons (Fsp3) is 0.286. The first kappa shape index (κ1) is 15.2. The van der Waals surface area contributed by atoms with Crippen LogP contribution in [-0.4, -0.2) is 15.0 Å². The van der Waals surface area contributed by atoms with Crippen LogP contribution in [-0.2, 0) is 15.4 Å². The maximum Gasteiger partial charge on any atom is 0.240 e. The van der Waals surface area contributed by atoms with Crippen LogP contribution in [0.15, 0.2) is 46.7 Å². The first-order valence-electron chi connectivity index (χ1n) is 6.10. The predicted octanol–water partition coefficient (Wildman–Crippen LogP) is 3.14. The van der Waals surface area contributed by atoms with Crippen LogP contribution in [0.3, 0.4) is 0 Å². The van der Waals surface area contributed by atoms with E-state index in [-0.39, 0.29) is 16.9 Å². The Balaban J connectivity index is 2.12. The van der Waals surface area contributed by atoms with Crippen LogP contribution < -0.4 is 4.72 Å². The number of hydrogen-bond donors (Lipinski definition) is 1. The lowest BCUT2D eigenvalue weighted by molar-refractivity contribution is 0.509. The lowest BCUT2D eigenvalue weighted by Crippen LogP contribution is -2.36. The highest BCUT2D eigenvalue weighted by molar-refractivity contribution is 7.89. The molecule has 1 aromatic carbocycles. The van der Waals surface area contributed by atoms with Gasteiger partial charge in [-0.3, -0.25) is 0 Å². The van der Waals surface area contributed by atoms with Gasteiger partial charge < -0.3 is 0 Å². The lowest BCUT2D eigenvalue weighted by Gasteiger charge is -2.23. The second-order valence-electron chi connectivity index (χ2n) is 5.14. The van der Waals surface area contributed by atoms with E-state index in [9.17, 15) is 12.8 Å². The summed E-state index contributed by atoms with van der Waals surface area (Å²) in [6.45, 7) is 4.24. The summed E-state index contributed by atoms with van der Waals surface area (Å²) in [6, 6.07) is 8.72. The van der Waals surface area contributed by atoms with E-state index in [0.29, 0.717) is 0 Å². The minimum atomic E-state index is -3.61. The molecule has 0 aliphatic heterocycles. The lowest BCUT2D eigenvalue weighted by atomic mass is 9.92. The van der Waals surface area contributed by atoms with Crippen LogP contribution in [0.2, 0.25) is 0 Å². The molecule has 0 aliphatic rings. The zero-order valence-electron chi connectivity index (χ0n) is 11.3. The van der Waals surface area contributed by atoms with E-state index in [0.717, 1.165) is 17.0 Å². The van der Waals surface area contributed by atoms with E-state index < -0.39 is 15.8 Å². The fourth-order valence-electron chi connectivity index (χ4n) is 1.72. The number of thiophene rings is 1. The predicted molar refractivity (Wildman–Crippen MR) is 78.9 cm³/mol. The molecule has 1 heterocycles. The van der Waals surface area contributed by atoms with Crippen molar-refractivity contribution in [1.29, 1.82) is 0 Å². The fourth-order valence-corrected chi connectivity index (χ4v) is 3.79. The molecule has 2 aromatic rings. The van der Waals surface area contributed by atoms with Crippen molar-refractivity contribution < 1.29 is 12.8 Å². The molecule has 0 bridgehead atoms. The Morgan fingerprint density at radius 2 is 1.85 bits per heavy atom. The van der Waals surface area contributed by atoms with E-state index in [1.807, 2.05) is 31.4 Å². The topological polar surface area (TPSA) is 46.2 Å². The Morgan fingerprint density at radius 3 is 2.40 bits per heavy atom. The van der Waals surface area contributed by atoms with Crippen molar-refractivity contribution in [3.8, 4) is 0 Å². The van der Waals surface area contributed by atoms with Crippen LogP contribution >= 0.6 is 11.3 Å². The monoisotopic (exact) mass is 313 g/mol. The molecule has 6 heteroatoms. The molecule has 108 valence electrons. The highest BCUT2D eigenvalue weighted by Crippen LogP contribution is 2.27. The molecule has 0 fully saturated rings. The third-order valence-corrected chi connectivity index (χ3v) is 5.67. The van der Waals surface area contributed by atoms with Gasteiger partial charge in [0.25, 0.3) is 0 Å². The summed E-state index contributed by atoms with van der Waals surface area (Å²) in [4.78, 5) is 1.18. The van der Waals surface area contributed by atoms with Gasteiger partial charge in [0.1, 0.15) is 5.82 Å². The van der Waals surface area contributed by atoms with Crippen molar-refractivity contribution in [1.82, 2.24) is 4.72 Å². The van der Waals surface area contributed by atoms with E-state index in [1.165, 1.54) is 12.1 Å². The second kappa shape index (κ2) is 5.63. The van der Waals surface area contributed by atoms with Crippen molar-refractivity contribution >= 4 is 21.4 Å². The molecule has 3 nitrogen and oxygen atoms in total. The van der Waals surface area contributed by atoms with Gasteiger partial charge in [-0.25, -0.2) is 17.5 Å². The molecule has 0 saturated carbocycles. The summed E-state index contributed by atoms with van der Waals surface area (Å²) < 4.78 is 39.7. The van der Waals surface area contributed by atoms with Crippen molar-refractivity contribution in [2.24, 2.45) is 0 Å². The Bertz CT molecular complexity index is 662. The van der Waals surface area contributed by atoms with Crippen LogP contribution in [0, 0.1) is 5.82 Å². The SMILES string of the molecule is CC(C)(CNS(=O)(=O)c1ccc(F)cc1)c1cccs1. The van der Waals surface area contributed by atoms with Gasteiger partial charge in [-0.1, -0.05) is 19.9 Å². The van der Waals surface area contributed by atoms with Crippen molar-refractivity contribution in [3.05, 3.63) is 52.5 Å². The minimum absolute atomic E-state index is 0.0703. The van der Waals surface area contributed by atoms with E-state index in [4.69, 9.17) is 0 Å². The quantitative estimate of drug-likeness (QED) is 0.922. The smallest absolute Gasteiger partial charge is 0.210 e. The molecule has 2 rings (SSSR count). The number of benzene rings is 1. The van der Waals surface area contributed by atoms with Gasteiger partial charge in [-0.15, -0.1) is 11.3 Å². The number of halogens is 1.